The first-order chi connectivity index (χ1) is 15.1. The third-order valence-electron chi connectivity index (χ3n) is 5.89. The van der Waals surface area contributed by atoms with E-state index in [1.807, 2.05) is 6.07 Å². The van der Waals surface area contributed by atoms with Gasteiger partial charge in [0, 0.05) is 16.5 Å². The highest BCUT2D eigenvalue weighted by atomic mass is 15.0. The first kappa shape index (κ1) is 19.1. The van der Waals surface area contributed by atoms with Crippen LogP contribution >= 0.6 is 0 Å². The van der Waals surface area contributed by atoms with Crippen molar-refractivity contribution in [2.24, 2.45) is 0 Å². The van der Waals surface area contributed by atoms with E-state index in [1.165, 1.54) is 44.2 Å². The second-order valence-electron chi connectivity index (χ2n) is 8.15. The van der Waals surface area contributed by atoms with E-state index < -0.39 is 0 Å². The molecule has 0 bridgehead atoms. The summed E-state index contributed by atoms with van der Waals surface area (Å²) in [5.74, 6) is 0. The predicted molar refractivity (Wildman–Crippen MR) is 135 cm³/mol. The van der Waals surface area contributed by atoms with E-state index >= 15 is 0 Å². The first-order valence-electron chi connectivity index (χ1n) is 10.6. The van der Waals surface area contributed by atoms with Gasteiger partial charge in [0.2, 0.25) is 0 Å². The molecule has 0 saturated carbocycles. The molecular weight excluding hydrogens is 374 g/mol. The molecule has 1 heterocycles. The Morgan fingerprint density at radius 2 is 1.29 bits per heavy atom. The van der Waals surface area contributed by atoms with E-state index in [-0.39, 0.29) is 0 Å². The summed E-state index contributed by atoms with van der Waals surface area (Å²) in [6.07, 6.45) is 2.18. The molecule has 0 aliphatic carbocycles. The number of benzene rings is 4. The van der Waals surface area contributed by atoms with Crippen LogP contribution in [-0.2, 0) is 0 Å². The molecule has 150 valence electrons. The van der Waals surface area contributed by atoms with E-state index in [1.54, 1.807) is 0 Å². The maximum atomic E-state index is 4.29. The topological polar surface area (TPSA) is 4.93 Å². The van der Waals surface area contributed by atoms with Crippen molar-refractivity contribution >= 4 is 33.0 Å². The molecule has 0 aliphatic heterocycles. The predicted octanol–water partition coefficient (Wildman–Crippen LogP) is 8.21. The van der Waals surface area contributed by atoms with Gasteiger partial charge >= 0.3 is 0 Å². The summed E-state index contributed by atoms with van der Waals surface area (Å²) in [5, 5.41) is 2.57. The van der Waals surface area contributed by atoms with Gasteiger partial charge in [-0.2, -0.15) is 0 Å². The summed E-state index contributed by atoms with van der Waals surface area (Å²) in [5.41, 5.74) is 9.49. The van der Waals surface area contributed by atoms with E-state index in [2.05, 4.69) is 122 Å². The molecule has 1 nitrogen and oxygen atoms in total. The van der Waals surface area contributed by atoms with Gasteiger partial charge in [0.05, 0.1) is 11.0 Å². The van der Waals surface area contributed by atoms with Crippen LogP contribution in [0.1, 0.15) is 23.6 Å². The van der Waals surface area contributed by atoms with Crippen LogP contribution in [0.25, 0.3) is 38.6 Å². The molecule has 0 radical (unpaired) electrons. The average Bonchev–Trinajstić information content (AvgIpc) is 3.14. The molecule has 0 atom stereocenters. The van der Waals surface area contributed by atoms with Gasteiger partial charge in [-0.1, -0.05) is 85.5 Å². The van der Waals surface area contributed by atoms with Gasteiger partial charge in [-0.25, -0.2) is 0 Å². The average molecular weight is 400 g/mol. The maximum Gasteiger partial charge on any atom is 0.0541 e. The van der Waals surface area contributed by atoms with Crippen LogP contribution in [0.3, 0.4) is 0 Å². The smallest absolute Gasteiger partial charge is 0.0541 e. The number of fused-ring (bicyclic) bond motifs is 3. The van der Waals surface area contributed by atoms with E-state index in [0.717, 1.165) is 11.1 Å². The molecule has 0 aliphatic rings. The molecule has 4 aromatic carbocycles. The van der Waals surface area contributed by atoms with Crippen LogP contribution in [0, 0.1) is 6.92 Å². The fourth-order valence-electron chi connectivity index (χ4n) is 4.40. The first-order valence-corrected chi connectivity index (χ1v) is 10.6. The number of nitrogens with zero attached hydrogens (tertiary/aromatic N) is 1. The van der Waals surface area contributed by atoms with Crippen LogP contribution in [0.15, 0.2) is 110 Å². The van der Waals surface area contributed by atoms with E-state index in [4.69, 9.17) is 0 Å². The normalized spacial score (nSPS) is 11.9. The summed E-state index contributed by atoms with van der Waals surface area (Å²) < 4.78 is 2.38. The zero-order valence-corrected chi connectivity index (χ0v) is 18.0. The minimum absolute atomic E-state index is 1.03. The summed E-state index contributed by atoms with van der Waals surface area (Å²) in [6, 6.07) is 34.4. The van der Waals surface area contributed by atoms with Crippen molar-refractivity contribution < 1.29 is 0 Å². The molecule has 0 amide bonds. The SMILES string of the molecule is C=C(/C=C(\C)c1cc(C)cc(-n2c3ccccc3c3ccccc32)c1)c1ccccc1. The summed E-state index contributed by atoms with van der Waals surface area (Å²) in [7, 11) is 0. The number of hydrogen-bond acceptors (Lipinski definition) is 0. The number of aromatic nitrogens is 1. The van der Waals surface area contributed by atoms with Crippen LogP contribution in [-0.4, -0.2) is 4.57 Å². The van der Waals surface area contributed by atoms with Gasteiger partial charge in [0.25, 0.3) is 0 Å². The highest BCUT2D eigenvalue weighted by molar-refractivity contribution is 6.09. The Hall–Kier alpha value is -3.84. The number of aryl methyl sites for hydroxylation is 1. The lowest BCUT2D eigenvalue weighted by atomic mass is 9.99. The third kappa shape index (κ3) is 3.49. The fraction of sp³-hybridized carbons (Fsp3) is 0.0667. The maximum absolute atomic E-state index is 4.29. The van der Waals surface area contributed by atoms with Crippen molar-refractivity contribution in [1.29, 1.82) is 0 Å². The molecule has 0 saturated heterocycles. The van der Waals surface area contributed by atoms with Gasteiger partial charge < -0.3 is 4.57 Å². The number of rotatable bonds is 4. The van der Waals surface area contributed by atoms with Crippen molar-refractivity contribution in [3.8, 4) is 5.69 Å². The summed E-state index contributed by atoms with van der Waals surface area (Å²) in [6.45, 7) is 8.62. The highest BCUT2D eigenvalue weighted by Crippen LogP contribution is 2.33. The van der Waals surface area contributed by atoms with E-state index in [9.17, 15) is 0 Å². The molecular formula is C30H25N. The highest BCUT2D eigenvalue weighted by Gasteiger charge is 2.12. The van der Waals surface area contributed by atoms with Gasteiger partial charge in [-0.05, 0) is 65.9 Å². The Bertz CT molecular complexity index is 1400. The number of para-hydroxylation sites is 2. The third-order valence-corrected chi connectivity index (χ3v) is 5.89. The van der Waals surface area contributed by atoms with Crippen molar-refractivity contribution in [3.05, 3.63) is 126 Å². The van der Waals surface area contributed by atoms with Crippen molar-refractivity contribution in [2.45, 2.75) is 13.8 Å². The minimum Gasteiger partial charge on any atom is -0.309 e. The standard InChI is InChI=1S/C30H25N/c1-21-17-25(23(3)19-22(2)24-11-5-4-6-12-24)20-26(18-21)31-29-15-9-7-13-27(29)28-14-8-10-16-30(28)31/h4-20H,2H2,1,3H3/b23-19+. The van der Waals surface area contributed by atoms with Crippen molar-refractivity contribution in [1.82, 2.24) is 4.57 Å². The van der Waals surface area contributed by atoms with Gasteiger partial charge in [0.1, 0.15) is 0 Å². The Morgan fingerprint density at radius 1 is 0.710 bits per heavy atom. The molecule has 1 heteroatoms. The number of hydrogen-bond donors (Lipinski definition) is 0. The second kappa shape index (κ2) is 7.77. The minimum atomic E-state index is 1.03. The largest absolute Gasteiger partial charge is 0.309 e. The molecule has 0 fully saturated rings. The van der Waals surface area contributed by atoms with E-state index in [0.29, 0.717) is 0 Å². The van der Waals surface area contributed by atoms with Gasteiger partial charge in [-0.3, -0.25) is 0 Å². The van der Waals surface area contributed by atoms with Crippen LogP contribution < -0.4 is 0 Å². The molecule has 5 aromatic rings. The monoisotopic (exact) mass is 399 g/mol. The Balaban J connectivity index is 1.66. The second-order valence-corrected chi connectivity index (χ2v) is 8.15. The molecule has 0 spiro atoms. The zero-order valence-electron chi connectivity index (χ0n) is 18.0. The number of allylic oxidation sites excluding steroid dienone is 3. The van der Waals surface area contributed by atoms with Crippen LogP contribution in [0.4, 0.5) is 0 Å². The lowest BCUT2D eigenvalue weighted by Crippen LogP contribution is -1.96. The molecule has 5 rings (SSSR count). The Kier molecular flexibility index (Phi) is 4.80. The van der Waals surface area contributed by atoms with Crippen molar-refractivity contribution in [3.63, 3.8) is 0 Å². The van der Waals surface area contributed by atoms with Gasteiger partial charge in [0.15, 0.2) is 0 Å². The van der Waals surface area contributed by atoms with Crippen molar-refractivity contribution in [2.75, 3.05) is 0 Å². The fourth-order valence-corrected chi connectivity index (χ4v) is 4.40. The molecule has 0 N–H and O–H groups in total. The Morgan fingerprint density at radius 3 is 1.94 bits per heavy atom. The molecule has 0 unspecified atom stereocenters. The lowest BCUT2D eigenvalue weighted by molar-refractivity contribution is 1.17. The van der Waals surface area contributed by atoms with Crippen LogP contribution in [0.5, 0.6) is 0 Å². The Labute approximate surface area is 183 Å². The molecule has 31 heavy (non-hydrogen) atoms. The zero-order chi connectivity index (χ0) is 21.4. The quantitative estimate of drug-likeness (QED) is 0.268. The lowest BCUT2D eigenvalue weighted by Gasteiger charge is -2.13. The summed E-state index contributed by atoms with van der Waals surface area (Å²) >= 11 is 0. The van der Waals surface area contributed by atoms with Crippen LogP contribution in [0.2, 0.25) is 0 Å². The van der Waals surface area contributed by atoms with Gasteiger partial charge in [-0.15, -0.1) is 0 Å². The molecule has 1 aromatic heterocycles. The summed E-state index contributed by atoms with van der Waals surface area (Å²) in [4.78, 5) is 0.